The molecule has 0 fully saturated rings. The Hall–Kier alpha value is -3.78. The van der Waals surface area contributed by atoms with E-state index in [1.54, 1.807) is 23.6 Å². The molecule has 0 amide bonds. The molecule has 0 saturated heterocycles. The van der Waals surface area contributed by atoms with Crippen molar-refractivity contribution >= 4 is 28.9 Å². The van der Waals surface area contributed by atoms with Gasteiger partial charge in [0.15, 0.2) is 5.60 Å². The fourth-order valence-electron chi connectivity index (χ4n) is 4.80. The number of nitrogens with zero attached hydrogens (tertiary/aromatic N) is 2. The summed E-state index contributed by atoms with van der Waals surface area (Å²) in [4.78, 5) is 42.3. The Labute approximate surface area is 195 Å². The predicted octanol–water partition coefficient (Wildman–Crippen LogP) is 2.83. The normalized spacial score (nSPS) is 18.5. The van der Waals surface area contributed by atoms with Crippen LogP contribution < -0.4 is 5.56 Å². The van der Waals surface area contributed by atoms with Crippen molar-refractivity contribution in [2.24, 2.45) is 0 Å². The largest absolute Gasteiger partial charge is 0.466 e. The van der Waals surface area contributed by atoms with Crippen molar-refractivity contribution in [1.29, 1.82) is 0 Å². The zero-order valence-electron chi connectivity index (χ0n) is 19.2. The zero-order chi connectivity index (χ0) is 24.2. The Balaban J connectivity index is 1.74. The van der Waals surface area contributed by atoms with Crippen LogP contribution in [0.25, 0.3) is 28.4 Å². The molecule has 0 bridgehead atoms. The number of pyridine rings is 2. The van der Waals surface area contributed by atoms with Crippen molar-refractivity contribution in [3.8, 4) is 11.4 Å². The minimum Gasteiger partial charge on any atom is -0.466 e. The van der Waals surface area contributed by atoms with Crippen molar-refractivity contribution in [2.45, 2.75) is 45.4 Å². The molecule has 5 rings (SSSR count). The van der Waals surface area contributed by atoms with Crippen molar-refractivity contribution in [3.63, 3.8) is 0 Å². The highest BCUT2D eigenvalue weighted by Crippen LogP contribution is 2.39. The number of carbonyl (C=O) groups excluding carboxylic acids is 2. The number of carbonyl (C=O) groups is 2. The van der Waals surface area contributed by atoms with Crippen molar-refractivity contribution in [1.82, 2.24) is 9.55 Å². The number of hydrogen-bond donors (Lipinski definition) is 1. The summed E-state index contributed by atoms with van der Waals surface area (Å²) in [5.74, 6) is -1.20. The molecular weight excluding hydrogens is 436 g/mol. The second kappa shape index (κ2) is 7.92. The number of ether oxygens (including phenoxy) is 2. The molecule has 0 saturated carbocycles. The number of cyclic esters (lactones) is 1. The summed E-state index contributed by atoms with van der Waals surface area (Å²) in [6, 6.07) is 7.61. The Morgan fingerprint density at radius 3 is 2.79 bits per heavy atom. The first-order valence-electron chi connectivity index (χ1n) is 11.2. The molecule has 34 heavy (non-hydrogen) atoms. The first-order valence-corrected chi connectivity index (χ1v) is 11.2. The monoisotopic (exact) mass is 460 g/mol. The molecule has 8 nitrogen and oxygen atoms in total. The summed E-state index contributed by atoms with van der Waals surface area (Å²) in [5, 5.41) is 11.9. The van der Waals surface area contributed by atoms with Gasteiger partial charge in [-0.05, 0) is 42.2 Å². The topological polar surface area (TPSA) is 108 Å². The minimum absolute atomic E-state index is 0.0929. The van der Waals surface area contributed by atoms with Crippen LogP contribution in [0.5, 0.6) is 0 Å². The summed E-state index contributed by atoms with van der Waals surface area (Å²) < 4.78 is 11.4. The zero-order valence-corrected chi connectivity index (χ0v) is 19.2. The van der Waals surface area contributed by atoms with E-state index in [0.29, 0.717) is 29.1 Å². The van der Waals surface area contributed by atoms with E-state index in [4.69, 9.17) is 14.5 Å². The molecule has 3 aromatic rings. The summed E-state index contributed by atoms with van der Waals surface area (Å²) in [5.41, 5.74) is 3.11. The molecule has 0 spiro atoms. The smallest absolute Gasteiger partial charge is 0.343 e. The molecule has 0 radical (unpaired) electrons. The molecule has 174 valence electrons. The third-order valence-electron chi connectivity index (χ3n) is 6.78. The van der Waals surface area contributed by atoms with Crippen molar-refractivity contribution in [3.05, 3.63) is 68.5 Å². The molecule has 1 aromatic carbocycles. The highest BCUT2D eigenvalue weighted by Gasteiger charge is 2.45. The highest BCUT2D eigenvalue weighted by molar-refractivity contribution is 5.96. The lowest BCUT2D eigenvalue weighted by molar-refractivity contribution is -0.172. The minimum atomic E-state index is -1.86. The summed E-state index contributed by atoms with van der Waals surface area (Å²) >= 11 is 0. The highest BCUT2D eigenvalue weighted by atomic mass is 16.6. The van der Waals surface area contributed by atoms with E-state index in [2.05, 4.69) is 0 Å². The lowest BCUT2D eigenvalue weighted by atomic mass is 9.86. The van der Waals surface area contributed by atoms with Gasteiger partial charge in [0.1, 0.15) is 6.61 Å². The molecule has 1 atom stereocenters. The van der Waals surface area contributed by atoms with Gasteiger partial charge < -0.3 is 19.1 Å². The van der Waals surface area contributed by atoms with Crippen LogP contribution in [-0.4, -0.2) is 33.7 Å². The second-order valence-electron chi connectivity index (χ2n) is 8.52. The molecule has 0 unspecified atom stereocenters. The number of hydrogen-bond acceptors (Lipinski definition) is 7. The number of methoxy groups -OCH3 is 1. The Morgan fingerprint density at radius 2 is 2.09 bits per heavy atom. The van der Waals surface area contributed by atoms with Crippen LogP contribution in [0.1, 0.15) is 48.1 Å². The fraction of sp³-hybridized carbons (Fsp3) is 0.308. The SMILES string of the molecule is CCc1ccc(/C=C/C(=O)OC)c2cc3c(nc12)-c1cc2c(c(=O)n1C3)COC(=O)[C@]2(O)CC. The molecule has 2 aliphatic heterocycles. The van der Waals surface area contributed by atoms with Crippen LogP contribution in [0.3, 0.4) is 0 Å². The first kappa shape index (κ1) is 22.0. The van der Waals surface area contributed by atoms with Gasteiger partial charge in [0, 0.05) is 22.6 Å². The number of aryl methyl sites for hydroxylation is 1. The van der Waals surface area contributed by atoms with Crippen LogP contribution in [0, 0.1) is 0 Å². The van der Waals surface area contributed by atoms with E-state index >= 15 is 0 Å². The van der Waals surface area contributed by atoms with Gasteiger partial charge in [0.05, 0.1) is 36.1 Å². The maximum atomic E-state index is 13.3. The quantitative estimate of drug-likeness (QED) is 0.369. The molecule has 0 aliphatic carbocycles. The maximum Gasteiger partial charge on any atom is 0.343 e. The van der Waals surface area contributed by atoms with Gasteiger partial charge in [-0.2, -0.15) is 0 Å². The average Bonchev–Trinajstić information content (AvgIpc) is 3.21. The first-order chi connectivity index (χ1) is 16.3. The summed E-state index contributed by atoms with van der Waals surface area (Å²) in [7, 11) is 1.33. The van der Waals surface area contributed by atoms with E-state index in [-0.39, 0.29) is 18.6 Å². The Morgan fingerprint density at radius 1 is 1.29 bits per heavy atom. The van der Waals surface area contributed by atoms with Crippen LogP contribution in [0.2, 0.25) is 0 Å². The summed E-state index contributed by atoms with van der Waals surface area (Å²) in [6.45, 7) is 3.87. The van der Waals surface area contributed by atoms with Crippen molar-refractivity contribution < 1.29 is 24.2 Å². The predicted molar refractivity (Wildman–Crippen MR) is 125 cm³/mol. The van der Waals surface area contributed by atoms with E-state index in [9.17, 15) is 19.5 Å². The number of aliphatic hydroxyl groups is 1. The third kappa shape index (κ3) is 3.09. The number of benzene rings is 1. The molecule has 2 aliphatic rings. The third-order valence-corrected chi connectivity index (χ3v) is 6.78. The van der Waals surface area contributed by atoms with Gasteiger partial charge in [-0.25, -0.2) is 14.6 Å². The number of rotatable bonds is 4. The standard InChI is InChI=1S/C26H24N2O6/c1-4-14-6-7-15(8-9-21(29)33-3)17-10-16-12-28-20(23(16)27-22(14)17)11-19-18(24(28)30)13-34-25(31)26(19,32)5-2/h6-11,32H,4-5,12-13H2,1-3H3/b9-8+/t26-/m0/s1. The van der Waals surface area contributed by atoms with E-state index in [1.165, 1.54) is 13.2 Å². The van der Waals surface area contributed by atoms with E-state index in [1.807, 2.05) is 25.1 Å². The number of aromatic nitrogens is 2. The molecule has 1 N–H and O–H groups in total. The Bertz CT molecular complexity index is 1470. The average molecular weight is 460 g/mol. The van der Waals surface area contributed by atoms with E-state index in [0.717, 1.165) is 34.0 Å². The molecule has 8 heteroatoms. The van der Waals surface area contributed by atoms with Crippen LogP contribution in [0.4, 0.5) is 0 Å². The maximum absolute atomic E-state index is 13.3. The van der Waals surface area contributed by atoms with E-state index < -0.39 is 17.5 Å². The van der Waals surface area contributed by atoms with Gasteiger partial charge in [-0.1, -0.05) is 26.0 Å². The molecule has 4 heterocycles. The van der Waals surface area contributed by atoms with Crippen LogP contribution in [0.15, 0.2) is 35.1 Å². The van der Waals surface area contributed by atoms with Crippen LogP contribution in [-0.2, 0) is 44.2 Å². The fourth-order valence-corrected chi connectivity index (χ4v) is 4.80. The van der Waals surface area contributed by atoms with Gasteiger partial charge in [-0.3, -0.25) is 4.79 Å². The number of fused-ring (bicyclic) bond motifs is 5. The van der Waals surface area contributed by atoms with Gasteiger partial charge >= 0.3 is 11.9 Å². The molecular formula is C26H24N2O6. The Kier molecular flexibility index (Phi) is 5.13. The van der Waals surface area contributed by atoms with Gasteiger partial charge in [-0.15, -0.1) is 0 Å². The second-order valence-corrected chi connectivity index (χ2v) is 8.52. The van der Waals surface area contributed by atoms with Crippen molar-refractivity contribution in [2.75, 3.05) is 7.11 Å². The summed E-state index contributed by atoms with van der Waals surface area (Å²) in [6.07, 6.45) is 3.90. The van der Waals surface area contributed by atoms with Crippen LogP contribution >= 0.6 is 0 Å². The van der Waals surface area contributed by atoms with Gasteiger partial charge in [0.25, 0.3) is 5.56 Å². The lowest BCUT2D eigenvalue weighted by Crippen LogP contribution is -2.44. The number of esters is 2. The lowest BCUT2D eigenvalue weighted by Gasteiger charge is -2.31. The van der Waals surface area contributed by atoms with Gasteiger partial charge in [0.2, 0.25) is 0 Å². The molecule has 2 aromatic heterocycles.